The highest BCUT2D eigenvalue weighted by Gasteiger charge is 2.39. The standard InChI is InChI=1S/C10H20O3S/c1-10(2,14(3,12)13)9(11)7-8-5-4-6-8/h8-9,11H,4-7H2,1-3H3. The SMILES string of the molecule is CC(C)(C(O)CC1CCC1)S(C)(=O)=O. The maximum absolute atomic E-state index is 11.4. The highest BCUT2D eigenvalue weighted by molar-refractivity contribution is 7.92. The summed E-state index contributed by atoms with van der Waals surface area (Å²) in [5.74, 6) is 0.533. The molecule has 0 heterocycles. The van der Waals surface area contributed by atoms with Gasteiger partial charge in [-0.1, -0.05) is 19.3 Å². The molecule has 84 valence electrons. The minimum absolute atomic E-state index is 0.533. The molecule has 3 nitrogen and oxygen atoms in total. The van der Waals surface area contributed by atoms with Gasteiger partial charge in [-0.2, -0.15) is 0 Å². The molecule has 0 spiro atoms. The highest BCUT2D eigenvalue weighted by atomic mass is 32.2. The van der Waals surface area contributed by atoms with E-state index in [1.54, 1.807) is 13.8 Å². The van der Waals surface area contributed by atoms with Crippen LogP contribution in [0.4, 0.5) is 0 Å². The zero-order chi connectivity index (χ0) is 11.0. The normalized spacial score (nSPS) is 21.7. The van der Waals surface area contributed by atoms with Crippen molar-refractivity contribution in [2.75, 3.05) is 6.26 Å². The van der Waals surface area contributed by atoms with Crippen molar-refractivity contribution in [1.82, 2.24) is 0 Å². The maximum atomic E-state index is 11.4. The first kappa shape index (κ1) is 12.0. The van der Waals surface area contributed by atoms with Gasteiger partial charge in [-0.15, -0.1) is 0 Å². The van der Waals surface area contributed by atoms with Gasteiger partial charge in [0.2, 0.25) is 0 Å². The minimum atomic E-state index is -3.18. The summed E-state index contributed by atoms with van der Waals surface area (Å²) in [6, 6.07) is 0. The van der Waals surface area contributed by atoms with E-state index in [0.29, 0.717) is 12.3 Å². The van der Waals surface area contributed by atoms with Crippen molar-refractivity contribution in [3.05, 3.63) is 0 Å². The summed E-state index contributed by atoms with van der Waals surface area (Å²) in [6.45, 7) is 3.21. The van der Waals surface area contributed by atoms with Crippen LogP contribution in [0.5, 0.6) is 0 Å². The van der Waals surface area contributed by atoms with Crippen molar-refractivity contribution < 1.29 is 13.5 Å². The first-order valence-electron chi connectivity index (χ1n) is 5.13. The zero-order valence-corrected chi connectivity index (χ0v) is 9.97. The molecule has 0 radical (unpaired) electrons. The quantitative estimate of drug-likeness (QED) is 0.778. The van der Waals surface area contributed by atoms with Crippen LogP contribution in [0, 0.1) is 5.92 Å². The summed E-state index contributed by atoms with van der Waals surface area (Å²) < 4.78 is 21.8. The Labute approximate surface area is 86.4 Å². The molecule has 1 atom stereocenters. The fourth-order valence-corrected chi connectivity index (χ4v) is 2.17. The lowest BCUT2D eigenvalue weighted by atomic mass is 9.79. The van der Waals surface area contributed by atoms with E-state index in [-0.39, 0.29) is 0 Å². The van der Waals surface area contributed by atoms with E-state index in [9.17, 15) is 13.5 Å². The summed E-state index contributed by atoms with van der Waals surface area (Å²) in [5.41, 5.74) is 0. The smallest absolute Gasteiger partial charge is 0.155 e. The molecule has 14 heavy (non-hydrogen) atoms. The molecule has 0 aromatic carbocycles. The monoisotopic (exact) mass is 220 g/mol. The second kappa shape index (κ2) is 3.81. The second-order valence-electron chi connectivity index (χ2n) is 4.92. The van der Waals surface area contributed by atoms with Crippen LogP contribution in [0.2, 0.25) is 0 Å². The third-order valence-electron chi connectivity index (χ3n) is 3.54. The predicted molar refractivity (Wildman–Crippen MR) is 56.9 cm³/mol. The number of aliphatic hydroxyl groups excluding tert-OH is 1. The molecular weight excluding hydrogens is 200 g/mol. The molecule has 1 aliphatic rings. The Morgan fingerprint density at radius 3 is 2.21 bits per heavy atom. The molecule has 0 saturated heterocycles. The third kappa shape index (κ3) is 2.28. The largest absolute Gasteiger partial charge is 0.391 e. The Bertz CT molecular complexity index is 288. The summed E-state index contributed by atoms with van der Waals surface area (Å²) in [6.07, 6.45) is 4.57. The fraction of sp³-hybridized carbons (Fsp3) is 1.00. The Morgan fingerprint density at radius 2 is 1.93 bits per heavy atom. The number of hydrogen-bond donors (Lipinski definition) is 1. The lowest BCUT2D eigenvalue weighted by Gasteiger charge is -2.34. The van der Waals surface area contributed by atoms with Crippen molar-refractivity contribution in [1.29, 1.82) is 0 Å². The lowest BCUT2D eigenvalue weighted by Crippen LogP contribution is -2.44. The van der Waals surface area contributed by atoms with Crippen molar-refractivity contribution >= 4 is 9.84 Å². The lowest BCUT2D eigenvalue weighted by molar-refractivity contribution is 0.0893. The Kier molecular flexibility index (Phi) is 3.26. The fourth-order valence-electron chi connectivity index (χ4n) is 1.58. The van der Waals surface area contributed by atoms with Crippen LogP contribution in [0.1, 0.15) is 39.5 Å². The van der Waals surface area contributed by atoms with Gasteiger partial charge in [0.1, 0.15) is 0 Å². The molecule has 1 saturated carbocycles. The van der Waals surface area contributed by atoms with Crippen LogP contribution in [-0.4, -0.2) is 30.6 Å². The van der Waals surface area contributed by atoms with E-state index in [4.69, 9.17) is 0 Å². The summed E-state index contributed by atoms with van der Waals surface area (Å²) in [7, 11) is -3.18. The maximum Gasteiger partial charge on any atom is 0.155 e. The van der Waals surface area contributed by atoms with Crippen LogP contribution in [0.3, 0.4) is 0 Å². The topological polar surface area (TPSA) is 54.4 Å². The first-order chi connectivity index (χ1) is 6.25. The van der Waals surface area contributed by atoms with Gasteiger partial charge in [0, 0.05) is 6.26 Å². The van der Waals surface area contributed by atoms with Crippen LogP contribution < -0.4 is 0 Å². The Balaban J connectivity index is 2.61. The van der Waals surface area contributed by atoms with Crippen LogP contribution >= 0.6 is 0 Å². The number of hydrogen-bond acceptors (Lipinski definition) is 3. The van der Waals surface area contributed by atoms with Crippen molar-refractivity contribution in [2.24, 2.45) is 5.92 Å². The number of rotatable bonds is 4. The van der Waals surface area contributed by atoms with E-state index in [1.165, 1.54) is 12.7 Å². The first-order valence-corrected chi connectivity index (χ1v) is 7.02. The van der Waals surface area contributed by atoms with E-state index < -0.39 is 20.7 Å². The van der Waals surface area contributed by atoms with Gasteiger partial charge in [-0.05, 0) is 26.2 Å². The molecule has 1 rings (SSSR count). The predicted octanol–water partition coefficient (Wildman–Crippen LogP) is 1.36. The zero-order valence-electron chi connectivity index (χ0n) is 9.16. The van der Waals surface area contributed by atoms with E-state index in [1.807, 2.05) is 0 Å². The molecule has 1 N–H and O–H groups in total. The minimum Gasteiger partial charge on any atom is -0.391 e. The van der Waals surface area contributed by atoms with Crippen molar-refractivity contribution in [2.45, 2.75) is 50.4 Å². The number of sulfone groups is 1. The molecule has 0 aromatic heterocycles. The second-order valence-corrected chi connectivity index (χ2v) is 7.52. The Hall–Kier alpha value is -0.0900. The van der Waals surface area contributed by atoms with E-state index in [0.717, 1.165) is 12.8 Å². The summed E-state index contributed by atoms with van der Waals surface area (Å²) in [5, 5.41) is 9.87. The molecule has 0 aliphatic heterocycles. The summed E-state index contributed by atoms with van der Waals surface area (Å²) in [4.78, 5) is 0. The molecule has 1 aliphatic carbocycles. The van der Waals surface area contributed by atoms with Crippen LogP contribution in [0.15, 0.2) is 0 Å². The van der Waals surface area contributed by atoms with Gasteiger partial charge in [-0.25, -0.2) is 8.42 Å². The van der Waals surface area contributed by atoms with Gasteiger partial charge in [0.25, 0.3) is 0 Å². The molecule has 4 heteroatoms. The molecule has 1 unspecified atom stereocenters. The molecule has 0 amide bonds. The summed E-state index contributed by atoms with van der Waals surface area (Å²) >= 11 is 0. The molecule has 0 aromatic rings. The van der Waals surface area contributed by atoms with Gasteiger partial charge in [-0.3, -0.25) is 0 Å². The van der Waals surface area contributed by atoms with Gasteiger partial charge in [0.05, 0.1) is 10.9 Å². The van der Waals surface area contributed by atoms with E-state index >= 15 is 0 Å². The molecule has 1 fully saturated rings. The molecular formula is C10H20O3S. The average Bonchev–Trinajstić information content (AvgIpc) is 1.93. The van der Waals surface area contributed by atoms with Crippen LogP contribution in [-0.2, 0) is 9.84 Å². The third-order valence-corrected chi connectivity index (χ3v) is 5.72. The van der Waals surface area contributed by atoms with Gasteiger partial charge >= 0.3 is 0 Å². The highest BCUT2D eigenvalue weighted by Crippen LogP contribution is 2.34. The van der Waals surface area contributed by atoms with Gasteiger partial charge < -0.3 is 5.11 Å². The van der Waals surface area contributed by atoms with Gasteiger partial charge in [0.15, 0.2) is 9.84 Å². The molecule has 0 bridgehead atoms. The van der Waals surface area contributed by atoms with Crippen LogP contribution in [0.25, 0.3) is 0 Å². The average molecular weight is 220 g/mol. The van der Waals surface area contributed by atoms with E-state index in [2.05, 4.69) is 0 Å². The number of aliphatic hydroxyl groups is 1. The van der Waals surface area contributed by atoms with Crippen molar-refractivity contribution in [3.63, 3.8) is 0 Å². The Morgan fingerprint density at radius 1 is 1.43 bits per heavy atom. The van der Waals surface area contributed by atoms with Crippen molar-refractivity contribution in [3.8, 4) is 0 Å².